The molecular formula is C16H20N4O2S. The van der Waals surface area contributed by atoms with E-state index in [0.29, 0.717) is 12.5 Å². The number of aromatic nitrogens is 2. The second-order valence-corrected chi connectivity index (χ2v) is 7.09. The molecule has 0 bridgehead atoms. The Morgan fingerprint density at radius 3 is 2.74 bits per heavy atom. The molecule has 1 saturated carbocycles. The Bertz CT molecular complexity index is 672. The number of nitrogens with one attached hydrogen (secondary N) is 2. The van der Waals surface area contributed by atoms with E-state index in [1.807, 2.05) is 37.3 Å². The fourth-order valence-corrected chi connectivity index (χ4v) is 3.26. The highest BCUT2D eigenvalue weighted by molar-refractivity contribution is 7.14. The van der Waals surface area contributed by atoms with Gasteiger partial charge < -0.3 is 15.7 Å². The van der Waals surface area contributed by atoms with Gasteiger partial charge in [0.15, 0.2) is 0 Å². The first-order valence-electron chi connectivity index (χ1n) is 7.65. The lowest BCUT2D eigenvalue weighted by atomic mass is 9.97. The second kappa shape index (κ2) is 6.64. The van der Waals surface area contributed by atoms with E-state index < -0.39 is 5.54 Å². The number of amides is 2. The average Bonchev–Trinajstić information content (AvgIpc) is 3.33. The molecule has 1 aromatic carbocycles. The van der Waals surface area contributed by atoms with Crippen molar-refractivity contribution in [1.29, 1.82) is 0 Å². The summed E-state index contributed by atoms with van der Waals surface area (Å²) in [6.45, 7) is 2.15. The molecule has 2 amide bonds. The van der Waals surface area contributed by atoms with Gasteiger partial charge in [-0.1, -0.05) is 41.7 Å². The van der Waals surface area contributed by atoms with Gasteiger partial charge in [-0.05, 0) is 25.7 Å². The van der Waals surface area contributed by atoms with Gasteiger partial charge in [-0.2, -0.15) is 0 Å². The smallest absolute Gasteiger partial charge is 0.315 e. The number of aliphatic hydroxyl groups is 1. The van der Waals surface area contributed by atoms with Crippen molar-refractivity contribution in [3.05, 3.63) is 35.3 Å². The number of hydrogen-bond acceptors (Lipinski definition) is 5. The minimum atomic E-state index is -0.541. The van der Waals surface area contributed by atoms with Crippen LogP contribution in [0.1, 0.15) is 24.8 Å². The first-order chi connectivity index (χ1) is 11.1. The Morgan fingerprint density at radius 1 is 1.35 bits per heavy atom. The molecule has 0 aliphatic heterocycles. The van der Waals surface area contributed by atoms with Crippen LogP contribution in [0.2, 0.25) is 0 Å². The van der Waals surface area contributed by atoms with Gasteiger partial charge in [0, 0.05) is 5.56 Å². The van der Waals surface area contributed by atoms with Crippen LogP contribution < -0.4 is 10.6 Å². The Labute approximate surface area is 139 Å². The largest absolute Gasteiger partial charge is 0.394 e. The number of carbonyl (C=O) groups is 1. The summed E-state index contributed by atoms with van der Waals surface area (Å²) in [5.41, 5.74) is 0.475. The standard InChI is InChI=1S/C16H20N4O2S/c1-16(10-21,12-7-8-12)18-15(22)17-9-13-19-20-14(23-13)11-5-3-2-4-6-11/h2-6,12,21H,7-10H2,1H3,(H2,17,18,22). The number of carbonyl (C=O) groups excluding carboxylic acids is 1. The molecule has 0 spiro atoms. The molecule has 122 valence electrons. The summed E-state index contributed by atoms with van der Waals surface area (Å²) >= 11 is 1.46. The van der Waals surface area contributed by atoms with E-state index in [1.54, 1.807) is 0 Å². The van der Waals surface area contributed by atoms with Gasteiger partial charge >= 0.3 is 6.03 Å². The quantitative estimate of drug-likeness (QED) is 0.756. The van der Waals surface area contributed by atoms with Gasteiger partial charge in [-0.3, -0.25) is 0 Å². The molecule has 3 N–H and O–H groups in total. The number of benzene rings is 1. The van der Waals surface area contributed by atoms with Crippen molar-refractivity contribution in [2.24, 2.45) is 5.92 Å². The minimum absolute atomic E-state index is 0.0535. The zero-order valence-corrected chi connectivity index (χ0v) is 13.8. The van der Waals surface area contributed by atoms with E-state index in [-0.39, 0.29) is 12.6 Å². The zero-order valence-electron chi connectivity index (χ0n) is 13.0. The summed E-state index contributed by atoms with van der Waals surface area (Å²) in [4.78, 5) is 12.0. The third-order valence-electron chi connectivity index (χ3n) is 4.09. The summed E-state index contributed by atoms with van der Waals surface area (Å²) in [7, 11) is 0. The normalized spacial score (nSPS) is 16.6. The lowest BCUT2D eigenvalue weighted by molar-refractivity contribution is 0.155. The van der Waals surface area contributed by atoms with Gasteiger partial charge in [0.25, 0.3) is 0 Å². The van der Waals surface area contributed by atoms with E-state index in [9.17, 15) is 9.90 Å². The van der Waals surface area contributed by atoms with Crippen molar-refractivity contribution in [3.63, 3.8) is 0 Å². The van der Waals surface area contributed by atoms with Crippen molar-refractivity contribution in [1.82, 2.24) is 20.8 Å². The van der Waals surface area contributed by atoms with Crippen LogP contribution in [0.25, 0.3) is 10.6 Å². The Kier molecular flexibility index (Phi) is 4.58. The molecule has 23 heavy (non-hydrogen) atoms. The molecule has 6 nitrogen and oxygen atoms in total. The van der Waals surface area contributed by atoms with Crippen LogP contribution in [0.15, 0.2) is 30.3 Å². The van der Waals surface area contributed by atoms with Crippen LogP contribution in [-0.4, -0.2) is 33.5 Å². The molecular weight excluding hydrogens is 312 g/mol. The van der Waals surface area contributed by atoms with E-state index in [0.717, 1.165) is 28.4 Å². The monoisotopic (exact) mass is 332 g/mol. The predicted octanol–water partition coefficient (Wildman–Crippen LogP) is 2.17. The highest BCUT2D eigenvalue weighted by Crippen LogP contribution is 2.39. The van der Waals surface area contributed by atoms with Gasteiger partial charge in [-0.15, -0.1) is 10.2 Å². The minimum Gasteiger partial charge on any atom is -0.394 e. The summed E-state index contributed by atoms with van der Waals surface area (Å²) in [6.07, 6.45) is 2.10. The molecule has 1 atom stereocenters. The molecule has 1 aromatic heterocycles. The lowest BCUT2D eigenvalue weighted by Gasteiger charge is -2.28. The van der Waals surface area contributed by atoms with E-state index in [2.05, 4.69) is 20.8 Å². The third-order valence-corrected chi connectivity index (χ3v) is 5.07. The summed E-state index contributed by atoms with van der Waals surface area (Å²) in [6, 6.07) is 9.53. The highest BCUT2D eigenvalue weighted by atomic mass is 32.1. The Morgan fingerprint density at radius 2 is 2.09 bits per heavy atom. The topological polar surface area (TPSA) is 87.1 Å². The number of nitrogens with zero attached hydrogens (tertiary/aromatic N) is 2. The van der Waals surface area contributed by atoms with Crippen LogP contribution in [0, 0.1) is 5.92 Å². The second-order valence-electron chi connectivity index (χ2n) is 6.02. The molecule has 1 heterocycles. The van der Waals surface area contributed by atoms with Crippen LogP contribution >= 0.6 is 11.3 Å². The Balaban J connectivity index is 1.54. The molecule has 0 saturated heterocycles. The number of hydrogen-bond donors (Lipinski definition) is 3. The molecule has 1 unspecified atom stereocenters. The predicted molar refractivity (Wildman–Crippen MR) is 88.9 cm³/mol. The maximum atomic E-state index is 12.0. The SMILES string of the molecule is CC(CO)(NC(=O)NCc1nnc(-c2ccccc2)s1)C1CC1. The van der Waals surface area contributed by atoms with Crippen molar-refractivity contribution in [2.75, 3.05) is 6.61 Å². The number of aliphatic hydroxyl groups excluding tert-OH is 1. The first-order valence-corrected chi connectivity index (χ1v) is 8.47. The molecule has 1 aliphatic carbocycles. The fraction of sp³-hybridized carbons (Fsp3) is 0.438. The average molecular weight is 332 g/mol. The molecule has 1 aliphatic rings. The van der Waals surface area contributed by atoms with Crippen molar-refractivity contribution in [3.8, 4) is 10.6 Å². The summed E-state index contributed by atoms with van der Waals surface area (Å²) in [5, 5.41) is 25.0. The van der Waals surface area contributed by atoms with Crippen molar-refractivity contribution in [2.45, 2.75) is 31.8 Å². The van der Waals surface area contributed by atoms with Crippen LogP contribution in [-0.2, 0) is 6.54 Å². The maximum absolute atomic E-state index is 12.0. The lowest BCUT2D eigenvalue weighted by Crippen LogP contribution is -2.53. The molecule has 7 heteroatoms. The van der Waals surface area contributed by atoms with Crippen molar-refractivity contribution >= 4 is 17.4 Å². The summed E-state index contributed by atoms with van der Waals surface area (Å²) < 4.78 is 0. The van der Waals surface area contributed by atoms with Gasteiger partial charge in [0.05, 0.1) is 18.7 Å². The zero-order chi connectivity index (χ0) is 16.3. The maximum Gasteiger partial charge on any atom is 0.315 e. The van der Waals surface area contributed by atoms with Crippen LogP contribution in [0.4, 0.5) is 4.79 Å². The molecule has 2 aromatic rings. The molecule has 3 rings (SSSR count). The van der Waals surface area contributed by atoms with Crippen molar-refractivity contribution < 1.29 is 9.90 Å². The first kappa shape index (κ1) is 15.9. The van der Waals surface area contributed by atoms with Gasteiger partial charge in [0.2, 0.25) is 0 Å². The molecule has 1 fully saturated rings. The molecule has 0 radical (unpaired) electrons. The third kappa shape index (κ3) is 3.86. The number of urea groups is 1. The van der Waals surface area contributed by atoms with E-state index >= 15 is 0 Å². The van der Waals surface area contributed by atoms with Crippen LogP contribution in [0.3, 0.4) is 0 Å². The summed E-state index contributed by atoms with van der Waals surface area (Å²) in [5.74, 6) is 0.365. The fourth-order valence-electron chi connectivity index (χ4n) is 2.47. The highest BCUT2D eigenvalue weighted by Gasteiger charge is 2.42. The van der Waals surface area contributed by atoms with E-state index in [4.69, 9.17) is 0 Å². The van der Waals surface area contributed by atoms with Gasteiger partial charge in [-0.25, -0.2) is 4.79 Å². The van der Waals surface area contributed by atoms with Gasteiger partial charge in [0.1, 0.15) is 10.0 Å². The number of rotatable bonds is 6. The Hall–Kier alpha value is -1.99. The van der Waals surface area contributed by atoms with Crippen LogP contribution in [0.5, 0.6) is 0 Å². The van der Waals surface area contributed by atoms with E-state index in [1.165, 1.54) is 11.3 Å².